The maximum atomic E-state index is 13.5. The number of hydrogen-bond donors (Lipinski definition) is 1. The molecule has 2 aromatic rings. The van der Waals surface area contributed by atoms with E-state index in [-0.39, 0.29) is 18.7 Å². The fourth-order valence-corrected chi connectivity index (χ4v) is 4.47. The number of anilines is 1. The van der Waals surface area contributed by atoms with Crippen LogP contribution in [-0.2, 0) is 32.3 Å². The first-order valence-corrected chi connectivity index (χ1v) is 13.0. The molecule has 0 fully saturated rings. The van der Waals surface area contributed by atoms with Crippen molar-refractivity contribution in [3.63, 3.8) is 0 Å². The standard InChI is InChI=1S/C24H30F3N3O5S/c1-5-21(23(32)28-6-2)29(15-17-9-7-12-20(13-17)35-3)22(31)16-30(36(4,33)34)19-11-8-10-18(14-19)24(25,26)27/h7-14,21H,5-6,15-16H2,1-4H3,(H,28,32)/t21-/m1/s1. The lowest BCUT2D eigenvalue weighted by molar-refractivity contribution is -0.140. The van der Waals surface area contributed by atoms with Gasteiger partial charge in [-0.05, 0) is 49.2 Å². The predicted molar refractivity (Wildman–Crippen MR) is 130 cm³/mol. The molecule has 0 aliphatic heterocycles. The van der Waals surface area contributed by atoms with Gasteiger partial charge < -0.3 is 15.0 Å². The van der Waals surface area contributed by atoms with Crippen LogP contribution in [0.15, 0.2) is 48.5 Å². The highest BCUT2D eigenvalue weighted by atomic mass is 32.2. The third-order valence-electron chi connectivity index (χ3n) is 5.36. The van der Waals surface area contributed by atoms with E-state index in [2.05, 4.69) is 5.32 Å². The van der Waals surface area contributed by atoms with Crippen LogP contribution in [0.1, 0.15) is 31.4 Å². The molecule has 0 aliphatic rings. The quantitative estimate of drug-likeness (QED) is 0.481. The number of alkyl halides is 3. The highest BCUT2D eigenvalue weighted by Crippen LogP contribution is 2.32. The van der Waals surface area contributed by atoms with E-state index in [1.54, 1.807) is 38.1 Å². The van der Waals surface area contributed by atoms with E-state index in [0.717, 1.165) is 18.4 Å². The van der Waals surface area contributed by atoms with Crippen molar-refractivity contribution in [1.29, 1.82) is 0 Å². The summed E-state index contributed by atoms with van der Waals surface area (Å²) in [6.45, 7) is 2.90. The highest BCUT2D eigenvalue weighted by molar-refractivity contribution is 7.92. The van der Waals surface area contributed by atoms with Crippen LogP contribution in [0.5, 0.6) is 5.75 Å². The molecule has 0 aliphatic carbocycles. The first kappa shape index (κ1) is 29.0. The molecule has 1 atom stereocenters. The Morgan fingerprint density at radius 2 is 1.75 bits per heavy atom. The van der Waals surface area contributed by atoms with Crippen molar-refractivity contribution in [2.45, 2.75) is 39.0 Å². The number of halogens is 3. The number of rotatable bonds is 11. The van der Waals surface area contributed by atoms with E-state index in [9.17, 15) is 31.2 Å². The molecule has 36 heavy (non-hydrogen) atoms. The largest absolute Gasteiger partial charge is 0.497 e. The summed E-state index contributed by atoms with van der Waals surface area (Å²) in [7, 11) is -2.68. The number of sulfonamides is 1. The van der Waals surface area contributed by atoms with Crippen LogP contribution < -0.4 is 14.4 Å². The number of likely N-dealkylation sites (N-methyl/N-ethyl adjacent to an activating group) is 1. The number of carbonyl (C=O) groups excluding carboxylic acids is 2. The smallest absolute Gasteiger partial charge is 0.416 e. The topological polar surface area (TPSA) is 96.0 Å². The minimum atomic E-state index is -4.70. The molecule has 0 unspecified atom stereocenters. The summed E-state index contributed by atoms with van der Waals surface area (Å²) in [6, 6.07) is 9.58. The summed E-state index contributed by atoms with van der Waals surface area (Å²) >= 11 is 0. The zero-order valence-corrected chi connectivity index (χ0v) is 21.3. The van der Waals surface area contributed by atoms with Crippen LogP contribution in [-0.4, -0.2) is 57.6 Å². The molecule has 1 N–H and O–H groups in total. The Labute approximate surface area is 209 Å². The summed E-state index contributed by atoms with van der Waals surface area (Å²) < 4.78 is 70.6. The predicted octanol–water partition coefficient (Wildman–Crippen LogP) is 3.42. The summed E-state index contributed by atoms with van der Waals surface area (Å²) in [5.41, 5.74) is -0.744. The van der Waals surface area contributed by atoms with Crippen LogP contribution in [0.25, 0.3) is 0 Å². The molecule has 0 saturated heterocycles. The van der Waals surface area contributed by atoms with E-state index >= 15 is 0 Å². The average Bonchev–Trinajstić information content (AvgIpc) is 2.81. The molecule has 12 heteroatoms. The molecule has 2 amide bonds. The van der Waals surface area contributed by atoms with E-state index in [4.69, 9.17) is 4.74 Å². The number of methoxy groups -OCH3 is 1. The van der Waals surface area contributed by atoms with Gasteiger partial charge in [0.2, 0.25) is 21.8 Å². The van der Waals surface area contributed by atoms with Gasteiger partial charge in [0, 0.05) is 13.1 Å². The van der Waals surface area contributed by atoms with Crippen molar-refractivity contribution >= 4 is 27.5 Å². The van der Waals surface area contributed by atoms with E-state index < -0.39 is 46.2 Å². The van der Waals surface area contributed by atoms with E-state index in [1.165, 1.54) is 18.1 Å². The molecule has 0 radical (unpaired) electrons. The maximum Gasteiger partial charge on any atom is 0.416 e. The molecular weight excluding hydrogens is 499 g/mol. The average molecular weight is 530 g/mol. The number of carbonyl (C=O) groups is 2. The molecule has 2 rings (SSSR count). The zero-order chi connectivity index (χ0) is 27.1. The summed E-state index contributed by atoms with van der Waals surface area (Å²) in [5.74, 6) is -0.660. The van der Waals surface area contributed by atoms with Crippen LogP contribution >= 0.6 is 0 Å². The molecule has 8 nitrogen and oxygen atoms in total. The minimum Gasteiger partial charge on any atom is -0.497 e. The van der Waals surface area contributed by atoms with Crippen molar-refractivity contribution < 1.29 is 35.9 Å². The van der Waals surface area contributed by atoms with Gasteiger partial charge in [-0.1, -0.05) is 25.1 Å². The van der Waals surface area contributed by atoms with Gasteiger partial charge >= 0.3 is 6.18 Å². The van der Waals surface area contributed by atoms with Crippen LogP contribution in [0, 0.1) is 0 Å². The van der Waals surface area contributed by atoms with Gasteiger partial charge in [-0.25, -0.2) is 8.42 Å². The summed E-state index contributed by atoms with van der Waals surface area (Å²) in [5, 5.41) is 2.67. The first-order valence-electron chi connectivity index (χ1n) is 11.2. The van der Waals surface area contributed by atoms with Gasteiger partial charge in [0.1, 0.15) is 18.3 Å². The number of nitrogens with zero attached hydrogens (tertiary/aromatic N) is 2. The van der Waals surface area contributed by atoms with Gasteiger partial charge in [-0.15, -0.1) is 0 Å². The van der Waals surface area contributed by atoms with Gasteiger partial charge in [0.15, 0.2) is 0 Å². The maximum absolute atomic E-state index is 13.5. The third kappa shape index (κ3) is 7.61. The Kier molecular flexibility index (Phi) is 9.74. The normalized spacial score (nSPS) is 12.5. The summed E-state index contributed by atoms with van der Waals surface area (Å²) in [4.78, 5) is 27.5. The van der Waals surface area contributed by atoms with Crippen LogP contribution in [0.4, 0.5) is 18.9 Å². The van der Waals surface area contributed by atoms with Crippen molar-refractivity contribution in [2.24, 2.45) is 0 Å². The Morgan fingerprint density at radius 1 is 1.08 bits per heavy atom. The van der Waals surface area contributed by atoms with Crippen molar-refractivity contribution in [2.75, 3.05) is 30.8 Å². The monoisotopic (exact) mass is 529 g/mol. The fourth-order valence-electron chi connectivity index (χ4n) is 3.63. The molecule has 0 aromatic heterocycles. The van der Waals surface area contributed by atoms with Gasteiger partial charge in [-0.3, -0.25) is 13.9 Å². The van der Waals surface area contributed by atoms with Gasteiger partial charge in [0.05, 0.1) is 24.6 Å². The number of hydrogen-bond acceptors (Lipinski definition) is 5. The lowest BCUT2D eigenvalue weighted by Crippen LogP contribution is -2.52. The van der Waals surface area contributed by atoms with Gasteiger partial charge in [-0.2, -0.15) is 13.2 Å². The lowest BCUT2D eigenvalue weighted by Gasteiger charge is -2.33. The molecule has 2 aromatic carbocycles. The molecule has 0 bridgehead atoms. The van der Waals surface area contributed by atoms with Crippen molar-refractivity contribution in [1.82, 2.24) is 10.2 Å². The molecule has 0 heterocycles. The number of amides is 2. The summed E-state index contributed by atoms with van der Waals surface area (Å²) in [6.07, 6.45) is -3.68. The van der Waals surface area contributed by atoms with Crippen LogP contribution in [0.3, 0.4) is 0 Å². The number of ether oxygens (including phenoxy) is 1. The number of benzene rings is 2. The Hall–Kier alpha value is -3.28. The second kappa shape index (κ2) is 12.1. The Morgan fingerprint density at radius 3 is 2.31 bits per heavy atom. The van der Waals surface area contributed by atoms with Crippen LogP contribution in [0.2, 0.25) is 0 Å². The SMILES string of the molecule is CCNC(=O)[C@@H](CC)N(Cc1cccc(OC)c1)C(=O)CN(c1cccc(C(F)(F)F)c1)S(C)(=O)=O. The first-order chi connectivity index (χ1) is 16.8. The highest BCUT2D eigenvalue weighted by Gasteiger charge is 2.34. The van der Waals surface area contributed by atoms with E-state index in [0.29, 0.717) is 28.2 Å². The zero-order valence-electron chi connectivity index (χ0n) is 20.5. The minimum absolute atomic E-state index is 0.0497. The third-order valence-corrected chi connectivity index (χ3v) is 6.51. The lowest BCUT2D eigenvalue weighted by atomic mass is 10.1. The fraction of sp³-hybridized carbons (Fsp3) is 0.417. The van der Waals surface area contributed by atoms with Crippen molar-refractivity contribution in [3.8, 4) is 5.75 Å². The molecule has 198 valence electrons. The Balaban J connectivity index is 2.49. The van der Waals surface area contributed by atoms with E-state index in [1.807, 2.05) is 0 Å². The number of nitrogens with one attached hydrogen (secondary N) is 1. The van der Waals surface area contributed by atoms with Crippen molar-refractivity contribution in [3.05, 3.63) is 59.7 Å². The Bertz CT molecular complexity index is 1170. The second-order valence-electron chi connectivity index (χ2n) is 8.01. The molecule has 0 spiro atoms. The van der Waals surface area contributed by atoms with Gasteiger partial charge in [0.25, 0.3) is 0 Å². The molecule has 0 saturated carbocycles. The second-order valence-corrected chi connectivity index (χ2v) is 9.92. The molecular formula is C24H30F3N3O5S.